The van der Waals surface area contributed by atoms with Crippen LogP contribution < -0.4 is 10.6 Å². The summed E-state index contributed by atoms with van der Waals surface area (Å²) < 4.78 is 4.34. The predicted molar refractivity (Wildman–Crippen MR) is 124 cm³/mol. The standard InChI is InChI=1S/C23H19N5O4S/c1-13-21(19(33-28-13)10-16-11-24-17-7-2-3-8-18(17)26-16)23(32)27-15-6-4-5-14(9-15)22(31)25-12-20(29)30/h2-9,11H,10,12H2,1H3,(H,25,31)(H,27,32)(H,29,30). The van der Waals surface area contributed by atoms with Gasteiger partial charge < -0.3 is 15.7 Å². The van der Waals surface area contributed by atoms with Gasteiger partial charge in [0.15, 0.2) is 0 Å². The van der Waals surface area contributed by atoms with Crippen LogP contribution in [0.5, 0.6) is 0 Å². The number of anilines is 1. The average molecular weight is 462 g/mol. The van der Waals surface area contributed by atoms with Gasteiger partial charge in [-0.1, -0.05) is 18.2 Å². The minimum Gasteiger partial charge on any atom is -0.480 e. The Morgan fingerprint density at radius 3 is 2.61 bits per heavy atom. The van der Waals surface area contributed by atoms with E-state index in [0.29, 0.717) is 23.4 Å². The molecule has 9 nitrogen and oxygen atoms in total. The molecule has 0 unspecified atom stereocenters. The lowest BCUT2D eigenvalue weighted by Gasteiger charge is -2.09. The van der Waals surface area contributed by atoms with Crippen LogP contribution in [0.15, 0.2) is 54.7 Å². The van der Waals surface area contributed by atoms with Crippen molar-refractivity contribution in [3.8, 4) is 0 Å². The number of nitrogens with zero attached hydrogens (tertiary/aromatic N) is 3. The molecule has 2 amide bonds. The number of carbonyl (C=O) groups excluding carboxylic acids is 2. The fourth-order valence-electron chi connectivity index (χ4n) is 3.26. The molecule has 4 aromatic rings. The number of para-hydroxylation sites is 2. The first-order valence-electron chi connectivity index (χ1n) is 9.98. The molecule has 0 spiro atoms. The van der Waals surface area contributed by atoms with Crippen molar-refractivity contribution >= 4 is 46.0 Å². The molecule has 0 atom stereocenters. The molecule has 33 heavy (non-hydrogen) atoms. The van der Waals surface area contributed by atoms with E-state index in [1.54, 1.807) is 25.3 Å². The first-order chi connectivity index (χ1) is 15.9. The van der Waals surface area contributed by atoms with Gasteiger partial charge in [0.25, 0.3) is 11.8 Å². The SMILES string of the molecule is Cc1nsc(Cc2cnc3ccccc3n2)c1C(=O)Nc1cccc(C(=O)NCC(=O)O)c1. The molecule has 2 heterocycles. The summed E-state index contributed by atoms with van der Waals surface area (Å²) in [5.74, 6) is -2.04. The smallest absolute Gasteiger partial charge is 0.322 e. The number of hydrogen-bond donors (Lipinski definition) is 3. The van der Waals surface area contributed by atoms with Crippen LogP contribution in [0.1, 0.15) is 37.0 Å². The second-order valence-corrected chi connectivity index (χ2v) is 8.06. The molecule has 3 N–H and O–H groups in total. The number of carboxylic acids is 1. The maximum Gasteiger partial charge on any atom is 0.322 e. The Balaban J connectivity index is 1.52. The van der Waals surface area contributed by atoms with Crippen molar-refractivity contribution in [1.29, 1.82) is 0 Å². The van der Waals surface area contributed by atoms with Crippen molar-refractivity contribution in [2.75, 3.05) is 11.9 Å². The molecule has 0 aliphatic carbocycles. The maximum absolute atomic E-state index is 13.1. The molecule has 166 valence electrons. The second-order valence-electron chi connectivity index (χ2n) is 7.20. The topological polar surface area (TPSA) is 134 Å². The summed E-state index contributed by atoms with van der Waals surface area (Å²) in [7, 11) is 0. The van der Waals surface area contributed by atoms with E-state index < -0.39 is 18.4 Å². The molecule has 0 aliphatic heterocycles. The molecule has 0 radical (unpaired) electrons. The van der Waals surface area contributed by atoms with E-state index >= 15 is 0 Å². The van der Waals surface area contributed by atoms with Gasteiger partial charge in [0.05, 0.1) is 28.0 Å². The van der Waals surface area contributed by atoms with E-state index in [2.05, 4.69) is 25.0 Å². The Hall–Kier alpha value is -4.18. The van der Waals surface area contributed by atoms with Gasteiger partial charge in [-0.2, -0.15) is 4.37 Å². The number of amides is 2. The number of hydrogen-bond acceptors (Lipinski definition) is 7. The number of aliphatic carboxylic acids is 1. The number of nitrogens with one attached hydrogen (secondary N) is 2. The van der Waals surface area contributed by atoms with Crippen molar-refractivity contribution in [2.24, 2.45) is 0 Å². The fraction of sp³-hybridized carbons (Fsp3) is 0.130. The zero-order valence-corrected chi connectivity index (χ0v) is 18.3. The fourth-order valence-corrected chi connectivity index (χ4v) is 4.15. The van der Waals surface area contributed by atoms with E-state index in [4.69, 9.17) is 5.11 Å². The minimum absolute atomic E-state index is 0.237. The molecule has 4 rings (SSSR count). The highest BCUT2D eigenvalue weighted by atomic mass is 32.1. The zero-order chi connectivity index (χ0) is 23.4. The summed E-state index contributed by atoms with van der Waals surface area (Å²) in [4.78, 5) is 45.6. The summed E-state index contributed by atoms with van der Waals surface area (Å²) in [6.45, 7) is 1.27. The van der Waals surface area contributed by atoms with Crippen molar-refractivity contribution in [3.05, 3.63) is 82.1 Å². The number of carboxylic acid groups (broad SMARTS) is 1. The van der Waals surface area contributed by atoms with Crippen molar-refractivity contribution in [3.63, 3.8) is 0 Å². The molecule has 0 saturated heterocycles. The first-order valence-corrected chi connectivity index (χ1v) is 10.8. The first kappa shape index (κ1) is 22.0. The minimum atomic E-state index is -1.14. The highest BCUT2D eigenvalue weighted by Gasteiger charge is 2.20. The number of aryl methyl sites for hydroxylation is 1. The third kappa shape index (κ3) is 5.18. The van der Waals surface area contributed by atoms with Gasteiger partial charge in [0.2, 0.25) is 0 Å². The zero-order valence-electron chi connectivity index (χ0n) is 17.5. The number of aromatic nitrogens is 3. The van der Waals surface area contributed by atoms with Crippen LogP contribution in [-0.2, 0) is 11.2 Å². The molecule has 2 aromatic carbocycles. The summed E-state index contributed by atoms with van der Waals surface area (Å²) in [6, 6.07) is 13.8. The van der Waals surface area contributed by atoms with Gasteiger partial charge in [0, 0.05) is 28.7 Å². The van der Waals surface area contributed by atoms with Gasteiger partial charge in [-0.05, 0) is 48.8 Å². The third-order valence-electron chi connectivity index (χ3n) is 4.78. The van der Waals surface area contributed by atoms with Gasteiger partial charge in [-0.15, -0.1) is 0 Å². The highest BCUT2D eigenvalue weighted by molar-refractivity contribution is 7.06. The lowest BCUT2D eigenvalue weighted by atomic mass is 10.1. The molecular weight excluding hydrogens is 442 g/mol. The summed E-state index contributed by atoms with van der Waals surface area (Å²) in [5.41, 5.74) is 3.99. The summed E-state index contributed by atoms with van der Waals surface area (Å²) in [6.07, 6.45) is 2.10. The summed E-state index contributed by atoms with van der Waals surface area (Å²) in [5, 5.41) is 13.8. The largest absolute Gasteiger partial charge is 0.480 e. The molecular formula is C23H19N5O4S. The van der Waals surface area contributed by atoms with Crippen molar-refractivity contribution < 1.29 is 19.5 Å². The van der Waals surface area contributed by atoms with E-state index in [1.807, 2.05) is 24.3 Å². The molecule has 0 aliphatic rings. The van der Waals surface area contributed by atoms with Crippen molar-refractivity contribution in [2.45, 2.75) is 13.3 Å². The van der Waals surface area contributed by atoms with Crippen LogP contribution in [0.3, 0.4) is 0 Å². The quantitative estimate of drug-likeness (QED) is 0.385. The molecule has 0 saturated carbocycles. The Morgan fingerprint density at radius 2 is 1.82 bits per heavy atom. The number of carbonyl (C=O) groups is 3. The van der Waals surface area contributed by atoms with E-state index in [-0.39, 0.29) is 11.5 Å². The Morgan fingerprint density at radius 1 is 1.03 bits per heavy atom. The van der Waals surface area contributed by atoms with Crippen LogP contribution in [0.2, 0.25) is 0 Å². The van der Waals surface area contributed by atoms with E-state index in [1.165, 1.54) is 23.7 Å². The predicted octanol–water partition coefficient (Wildman–Crippen LogP) is 3.05. The van der Waals surface area contributed by atoms with E-state index in [9.17, 15) is 14.4 Å². The van der Waals surface area contributed by atoms with Crippen molar-refractivity contribution in [1.82, 2.24) is 19.7 Å². The lowest BCUT2D eigenvalue weighted by molar-refractivity contribution is -0.135. The Kier molecular flexibility index (Phi) is 6.36. The van der Waals surface area contributed by atoms with Gasteiger partial charge in [0.1, 0.15) is 6.54 Å². The van der Waals surface area contributed by atoms with Gasteiger partial charge in [-0.25, -0.2) is 4.98 Å². The number of benzene rings is 2. The van der Waals surface area contributed by atoms with Crippen LogP contribution in [-0.4, -0.2) is 43.8 Å². The molecule has 2 aromatic heterocycles. The average Bonchev–Trinajstić information content (AvgIpc) is 3.17. The lowest BCUT2D eigenvalue weighted by Crippen LogP contribution is -2.29. The maximum atomic E-state index is 13.1. The Bertz CT molecular complexity index is 1370. The number of rotatable bonds is 7. The third-order valence-corrected chi connectivity index (χ3v) is 5.72. The van der Waals surface area contributed by atoms with E-state index in [0.717, 1.165) is 21.6 Å². The molecule has 0 fully saturated rings. The molecule has 0 bridgehead atoms. The number of fused-ring (bicyclic) bond motifs is 1. The van der Waals surface area contributed by atoms with Gasteiger partial charge in [-0.3, -0.25) is 19.4 Å². The van der Waals surface area contributed by atoms with Crippen LogP contribution >= 0.6 is 11.5 Å². The monoisotopic (exact) mass is 461 g/mol. The van der Waals surface area contributed by atoms with Gasteiger partial charge >= 0.3 is 5.97 Å². The van der Waals surface area contributed by atoms with Crippen LogP contribution in [0.4, 0.5) is 5.69 Å². The van der Waals surface area contributed by atoms with Crippen LogP contribution in [0, 0.1) is 6.92 Å². The molecule has 10 heteroatoms. The highest BCUT2D eigenvalue weighted by Crippen LogP contribution is 2.23. The summed E-state index contributed by atoms with van der Waals surface area (Å²) >= 11 is 1.23. The Labute approximate surface area is 192 Å². The normalized spacial score (nSPS) is 10.7. The van der Waals surface area contributed by atoms with Crippen LogP contribution in [0.25, 0.3) is 11.0 Å². The second kappa shape index (κ2) is 9.53.